The molecule has 2 aromatic rings. The molecule has 0 fully saturated rings. The average Bonchev–Trinajstić information content (AvgIpc) is 3.30. The molecular formula is C25H38F2N2OS. The van der Waals surface area contributed by atoms with E-state index in [4.69, 9.17) is 4.74 Å². The molecular weight excluding hydrogens is 414 g/mol. The summed E-state index contributed by atoms with van der Waals surface area (Å²) >= 11 is 1.58. The predicted molar refractivity (Wildman–Crippen MR) is 125 cm³/mol. The molecule has 3 nitrogen and oxygen atoms in total. The van der Waals surface area contributed by atoms with Gasteiger partial charge in [0.2, 0.25) is 5.82 Å². The van der Waals surface area contributed by atoms with Gasteiger partial charge in [0.25, 0.3) is 0 Å². The molecule has 1 aromatic carbocycles. The number of halogens is 2. The van der Waals surface area contributed by atoms with Crippen LogP contribution >= 0.6 is 11.3 Å². The fraction of sp³-hybridized carbons (Fsp3) is 0.680. The van der Waals surface area contributed by atoms with E-state index in [0.29, 0.717) is 18.1 Å². The van der Waals surface area contributed by atoms with Gasteiger partial charge in [-0.2, -0.15) is 4.39 Å². The third-order valence-corrected chi connectivity index (χ3v) is 6.80. The second-order valence-corrected chi connectivity index (χ2v) is 9.36. The number of benzene rings is 1. The van der Waals surface area contributed by atoms with E-state index >= 15 is 0 Å². The summed E-state index contributed by atoms with van der Waals surface area (Å²) in [5.41, 5.74) is 2.19. The van der Waals surface area contributed by atoms with Crippen LogP contribution in [0.5, 0.6) is 5.75 Å². The second kappa shape index (κ2) is 14.5. The highest BCUT2D eigenvalue weighted by molar-refractivity contribution is 7.09. The van der Waals surface area contributed by atoms with Gasteiger partial charge in [-0.1, -0.05) is 71.8 Å². The van der Waals surface area contributed by atoms with Crippen molar-refractivity contribution in [3.8, 4) is 5.75 Å². The maximum absolute atomic E-state index is 14.8. The summed E-state index contributed by atoms with van der Waals surface area (Å²) in [5.74, 6) is -1.34. The van der Waals surface area contributed by atoms with Gasteiger partial charge < -0.3 is 4.74 Å². The minimum Gasteiger partial charge on any atom is -0.490 e. The third-order valence-electron chi connectivity index (χ3n) is 5.94. The summed E-state index contributed by atoms with van der Waals surface area (Å²) in [6.07, 6.45) is 11.8. The molecule has 2 unspecified atom stereocenters. The second-order valence-electron chi connectivity index (χ2n) is 8.49. The van der Waals surface area contributed by atoms with E-state index in [2.05, 4.69) is 24.0 Å². The molecule has 2 rings (SSSR count). The molecule has 0 radical (unpaired) electrons. The van der Waals surface area contributed by atoms with Crippen molar-refractivity contribution < 1.29 is 13.5 Å². The summed E-state index contributed by atoms with van der Waals surface area (Å²) in [7, 11) is 0. The van der Waals surface area contributed by atoms with Crippen LogP contribution in [-0.2, 0) is 0 Å². The van der Waals surface area contributed by atoms with Gasteiger partial charge in [-0.25, -0.2) is 4.39 Å². The number of hydrogen-bond acceptors (Lipinski definition) is 4. The Kier molecular flexibility index (Phi) is 12.0. The summed E-state index contributed by atoms with van der Waals surface area (Å²) in [4.78, 5) is 0. The minimum absolute atomic E-state index is 0.0247. The molecule has 174 valence electrons. The average molecular weight is 453 g/mol. The van der Waals surface area contributed by atoms with E-state index in [0.717, 1.165) is 50.0 Å². The molecule has 31 heavy (non-hydrogen) atoms. The first-order chi connectivity index (χ1) is 15.1. The Bertz CT molecular complexity index is 739. The first kappa shape index (κ1) is 25.7. The molecule has 0 aliphatic heterocycles. The molecule has 6 heteroatoms. The van der Waals surface area contributed by atoms with Crippen LogP contribution in [0.4, 0.5) is 8.78 Å². The Morgan fingerprint density at radius 3 is 2.35 bits per heavy atom. The lowest BCUT2D eigenvalue weighted by molar-refractivity contribution is 0.284. The standard InChI is InChI=1S/C25H38F2N2OS/c1-4-6-8-9-10-11-17-30-22-16-15-21(23(26)24(22)27)19(3)13-14-20(12-7-5-2)25-29-28-18-31-25/h15-16,18-20H,4-14,17H2,1-3H3. The SMILES string of the molecule is CCCCCCCCOc1ccc(C(C)CCC(CCCC)c2nncs2)c(F)c1F. The molecule has 0 saturated heterocycles. The number of ether oxygens (including phenoxy) is 1. The molecule has 0 aliphatic rings. The van der Waals surface area contributed by atoms with E-state index in [-0.39, 0.29) is 11.7 Å². The Labute approximate surface area is 190 Å². The third kappa shape index (κ3) is 8.47. The van der Waals surface area contributed by atoms with E-state index < -0.39 is 11.6 Å². The molecule has 1 heterocycles. The zero-order chi connectivity index (χ0) is 22.5. The van der Waals surface area contributed by atoms with Gasteiger partial charge in [0, 0.05) is 5.92 Å². The van der Waals surface area contributed by atoms with Crippen LogP contribution in [-0.4, -0.2) is 16.8 Å². The van der Waals surface area contributed by atoms with Crippen molar-refractivity contribution in [2.24, 2.45) is 0 Å². The number of aromatic nitrogens is 2. The largest absolute Gasteiger partial charge is 0.490 e. The number of rotatable bonds is 16. The number of nitrogens with zero attached hydrogens (tertiary/aromatic N) is 2. The van der Waals surface area contributed by atoms with Gasteiger partial charge >= 0.3 is 0 Å². The smallest absolute Gasteiger partial charge is 0.200 e. The van der Waals surface area contributed by atoms with Crippen LogP contribution in [0.15, 0.2) is 17.6 Å². The molecule has 1 aromatic heterocycles. The number of hydrogen-bond donors (Lipinski definition) is 0. The number of unbranched alkanes of at least 4 members (excludes halogenated alkanes) is 6. The van der Waals surface area contributed by atoms with Gasteiger partial charge in [0.1, 0.15) is 10.5 Å². The zero-order valence-electron chi connectivity index (χ0n) is 19.3. The highest BCUT2D eigenvalue weighted by Crippen LogP contribution is 2.34. The van der Waals surface area contributed by atoms with Crippen molar-refractivity contribution in [1.29, 1.82) is 0 Å². The molecule has 0 aliphatic carbocycles. The van der Waals surface area contributed by atoms with Crippen LogP contribution < -0.4 is 4.74 Å². The molecule has 0 amide bonds. The summed E-state index contributed by atoms with van der Waals surface area (Å²) in [5, 5.41) is 9.25. The lowest BCUT2D eigenvalue weighted by Gasteiger charge is -2.18. The molecule has 0 bridgehead atoms. The molecule has 0 spiro atoms. The normalized spacial score (nSPS) is 13.3. The van der Waals surface area contributed by atoms with Gasteiger partial charge in [-0.15, -0.1) is 21.5 Å². The lowest BCUT2D eigenvalue weighted by atomic mass is 9.89. The van der Waals surface area contributed by atoms with E-state index in [1.54, 1.807) is 29.0 Å². The Hall–Kier alpha value is -1.56. The lowest BCUT2D eigenvalue weighted by Crippen LogP contribution is -2.07. The predicted octanol–water partition coefficient (Wildman–Crippen LogP) is 8.41. The van der Waals surface area contributed by atoms with Crippen molar-refractivity contribution >= 4 is 11.3 Å². The van der Waals surface area contributed by atoms with Gasteiger partial charge in [0.15, 0.2) is 11.6 Å². The van der Waals surface area contributed by atoms with Crippen LogP contribution in [0.1, 0.15) is 114 Å². The van der Waals surface area contributed by atoms with Crippen molar-refractivity contribution in [2.45, 2.75) is 103 Å². The van der Waals surface area contributed by atoms with Crippen LogP contribution in [0, 0.1) is 11.6 Å². The molecule has 0 N–H and O–H groups in total. The Balaban J connectivity index is 1.88. The first-order valence-corrected chi connectivity index (χ1v) is 12.8. The van der Waals surface area contributed by atoms with Crippen molar-refractivity contribution in [3.63, 3.8) is 0 Å². The Morgan fingerprint density at radius 1 is 0.903 bits per heavy atom. The van der Waals surface area contributed by atoms with Crippen molar-refractivity contribution in [1.82, 2.24) is 10.2 Å². The molecule has 0 saturated carbocycles. The van der Waals surface area contributed by atoms with Crippen LogP contribution in [0.25, 0.3) is 0 Å². The maximum Gasteiger partial charge on any atom is 0.200 e. The summed E-state index contributed by atoms with van der Waals surface area (Å²) in [6, 6.07) is 3.27. The van der Waals surface area contributed by atoms with Crippen molar-refractivity contribution in [2.75, 3.05) is 6.61 Å². The van der Waals surface area contributed by atoms with Crippen molar-refractivity contribution in [3.05, 3.63) is 39.8 Å². The highest BCUT2D eigenvalue weighted by Gasteiger charge is 2.21. The van der Waals surface area contributed by atoms with Crippen LogP contribution in [0.2, 0.25) is 0 Å². The quantitative estimate of drug-likeness (QED) is 0.240. The first-order valence-electron chi connectivity index (χ1n) is 11.9. The van der Waals surface area contributed by atoms with E-state index in [1.807, 2.05) is 6.92 Å². The fourth-order valence-electron chi connectivity index (χ4n) is 3.91. The summed E-state index contributed by atoms with van der Waals surface area (Å²) in [6.45, 7) is 6.76. The topological polar surface area (TPSA) is 35.0 Å². The van der Waals surface area contributed by atoms with E-state index in [1.165, 1.54) is 25.7 Å². The Morgan fingerprint density at radius 2 is 1.65 bits per heavy atom. The maximum atomic E-state index is 14.8. The molecule has 2 atom stereocenters. The summed E-state index contributed by atoms with van der Waals surface area (Å²) < 4.78 is 34.8. The minimum atomic E-state index is -0.859. The van der Waals surface area contributed by atoms with Crippen LogP contribution in [0.3, 0.4) is 0 Å². The van der Waals surface area contributed by atoms with Gasteiger partial charge in [-0.3, -0.25) is 0 Å². The highest BCUT2D eigenvalue weighted by atomic mass is 32.1. The van der Waals surface area contributed by atoms with E-state index in [9.17, 15) is 8.78 Å². The van der Waals surface area contributed by atoms with Gasteiger partial charge in [0.05, 0.1) is 6.61 Å². The monoisotopic (exact) mass is 452 g/mol. The van der Waals surface area contributed by atoms with Gasteiger partial charge in [-0.05, 0) is 43.2 Å². The zero-order valence-corrected chi connectivity index (χ0v) is 20.2. The fourth-order valence-corrected chi connectivity index (χ4v) is 4.64.